The minimum absolute atomic E-state index is 0.00334. The number of nitrogens with zero attached hydrogens (tertiary/aromatic N) is 2. The van der Waals surface area contributed by atoms with Crippen LogP contribution in [0.1, 0.15) is 12.8 Å². The maximum atomic E-state index is 12.2. The van der Waals surface area contributed by atoms with Crippen molar-refractivity contribution in [1.29, 1.82) is 0 Å². The number of halogens is 2. The van der Waals surface area contributed by atoms with Gasteiger partial charge in [0.1, 0.15) is 5.75 Å². The van der Waals surface area contributed by atoms with Gasteiger partial charge in [-0.3, -0.25) is 4.90 Å². The van der Waals surface area contributed by atoms with E-state index in [9.17, 15) is 8.78 Å². The van der Waals surface area contributed by atoms with Crippen LogP contribution in [0.4, 0.5) is 8.78 Å². The number of benzene rings is 1. The molecule has 0 N–H and O–H groups in total. The van der Waals surface area contributed by atoms with Gasteiger partial charge < -0.3 is 14.2 Å². The lowest BCUT2D eigenvalue weighted by Crippen LogP contribution is -2.69. The Morgan fingerprint density at radius 1 is 1.08 bits per heavy atom. The van der Waals surface area contributed by atoms with Gasteiger partial charge >= 0.3 is 6.61 Å². The summed E-state index contributed by atoms with van der Waals surface area (Å²) in [6.07, 6.45) is 2.04. The number of morpholine rings is 1. The largest absolute Gasteiger partial charge is 0.435 e. The van der Waals surface area contributed by atoms with Crippen molar-refractivity contribution in [3.05, 3.63) is 24.3 Å². The molecule has 4 rings (SSSR count). The van der Waals surface area contributed by atoms with Crippen molar-refractivity contribution in [2.45, 2.75) is 36.0 Å². The van der Waals surface area contributed by atoms with Gasteiger partial charge in [-0.05, 0) is 49.1 Å². The highest BCUT2D eigenvalue weighted by molar-refractivity contribution is 7.97. The van der Waals surface area contributed by atoms with Gasteiger partial charge in [-0.1, -0.05) is 0 Å². The molecule has 0 amide bonds. The first-order valence-electron chi connectivity index (χ1n) is 9.08. The highest BCUT2D eigenvalue weighted by Crippen LogP contribution is 2.42. The second-order valence-electron chi connectivity index (χ2n) is 6.91. The van der Waals surface area contributed by atoms with E-state index in [1.807, 2.05) is 12.1 Å². The lowest BCUT2D eigenvalue weighted by molar-refractivity contribution is -0.235. The van der Waals surface area contributed by atoms with E-state index in [1.54, 1.807) is 24.1 Å². The molecule has 5 nitrogen and oxygen atoms in total. The summed E-state index contributed by atoms with van der Waals surface area (Å²) in [7, 11) is 0. The minimum atomic E-state index is -2.78. The highest BCUT2D eigenvalue weighted by Gasteiger charge is 2.52. The van der Waals surface area contributed by atoms with Crippen molar-refractivity contribution in [1.82, 2.24) is 9.21 Å². The predicted molar refractivity (Wildman–Crippen MR) is 94.6 cm³/mol. The van der Waals surface area contributed by atoms with Crippen LogP contribution < -0.4 is 4.74 Å². The van der Waals surface area contributed by atoms with E-state index in [0.29, 0.717) is 6.04 Å². The first-order chi connectivity index (χ1) is 12.6. The number of hydrogen-bond donors (Lipinski definition) is 0. The Bertz CT molecular complexity index is 591. The average Bonchev–Trinajstić information content (AvgIpc) is 2.64. The number of ether oxygens (including phenoxy) is 3. The Kier molecular flexibility index (Phi) is 5.66. The molecule has 0 bridgehead atoms. The van der Waals surface area contributed by atoms with Crippen molar-refractivity contribution in [2.24, 2.45) is 0 Å². The SMILES string of the molecule is FC(F)Oc1ccc(SN2CCC3(CC2)OCC3N2CCOCC2)cc1. The molecule has 8 heteroatoms. The third-order valence-corrected chi connectivity index (χ3v) is 6.58. The maximum Gasteiger partial charge on any atom is 0.387 e. The molecule has 1 unspecified atom stereocenters. The summed E-state index contributed by atoms with van der Waals surface area (Å²) >= 11 is 1.67. The third-order valence-electron chi connectivity index (χ3n) is 5.47. The number of piperidine rings is 1. The smallest absolute Gasteiger partial charge is 0.387 e. The monoisotopic (exact) mass is 386 g/mol. The lowest BCUT2D eigenvalue weighted by Gasteiger charge is -2.57. The Balaban J connectivity index is 1.28. The molecule has 3 saturated heterocycles. The summed E-state index contributed by atoms with van der Waals surface area (Å²) < 4.78 is 42.7. The summed E-state index contributed by atoms with van der Waals surface area (Å²) in [5.41, 5.74) is 0.00334. The van der Waals surface area contributed by atoms with E-state index in [1.165, 1.54) is 0 Å². The van der Waals surface area contributed by atoms with Crippen LogP contribution >= 0.6 is 11.9 Å². The Labute approximate surface area is 156 Å². The van der Waals surface area contributed by atoms with E-state index in [2.05, 4.69) is 13.9 Å². The second-order valence-corrected chi connectivity index (χ2v) is 8.08. The summed E-state index contributed by atoms with van der Waals surface area (Å²) in [5, 5.41) is 0. The van der Waals surface area contributed by atoms with E-state index >= 15 is 0 Å². The van der Waals surface area contributed by atoms with Gasteiger partial charge in [0.15, 0.2) is 0 Å². The van der Waals surface area contributed by atoms with Gasteiger partial charge in [0.25, 0.3) is 0 Å². The zero-order valence-corrected chi connectivity index (χ0v) is 15.4. The molecule has 144 valence electrons. The molecule has 0 saturated carbocycles. The van der Waals surface area contributed by atoms with E-state index < -0.39 is 6.61 Å². The minimum Gasteiger partial charge on any atom is -0.435 e. The molecular weight excluding hydrogens is 362 g/mol. The lowest BCUT2D eigenvalue weighted by atomic mass is 9.79. The fourth-order valence-electron chi connectivity index (χ4n) is 3.99. The summed E-state index contributed by atoms with van der Waals surface area (Å²) in [4.78, 5) is 3.55. The first-order valence-corrected chi connectivity index (χ1v) is 9.86. The van der Waals surface area contributed by atoms with E-state index in [-0.39, 0.29) is 11.4 Å². The normalized spacial score (nSPS) is 26.8. The quantitative estimate of drug-likeness (QED) is 0.724. The number of rotatable bonds is 5. The Morgan fingerprint density at radius 2 is 1.77 bits per heavy atom. The van der Waals surface area contributed by atoms with Crippen LogP contribution in [-0.2, 0) is 9.47 Å². The standard InChI is InChI=1S/C18H24F2N2O3S/c19-17(20)25-14-1-3-15(4-2-14)26-22-7-5-18(6-8-22)16(13-24-18)21-9-11-23-12-10-21/h1-4,16-17H,5-13H2. The van der Waals surface area contributed by atoms with Crippen molar-refractivity contribution in [3.63, 3.8) is 0 Å². The molecule has 3 aliphatic heterocycles. The molecule has 3 heterocycles. The number of alkyl halides is 2. The predicted octanol–water partition coefficient (Wildman–Crippen LogP) is 2.86. The molecule has 3 aliphatic rings. The van der Waals surface area contributed by atoms with Crippen LogP contribution in [-0.4, -0.2) is 73.5 Å². The molecule has 26 heavy (non-hydrogen) atoms. The zero-order valence-electron chi connectivity index (χ0n) is 14.6. The van der Waals surface area contributed by atoms with Gasteiger partial charge in [-0.2, -0.15) is 8.78 Å². The third kappa shape index (κ3) is 3.99. The fraction of sp³-hybridized carbons (Fsp3) is 0.667. The second kappa shape index (κ2) is 7.98. The summed E-state index contributed by atoms with van der Waals surface area (Å²) in [5.74, 6) is 0.193. The molecular formula is C18H24F2N2O3S. The Hall–Kier alpha value is -0.930. The summed E-state index contributed by atoms with van der Waals surface area (Å²) in [6, 6.07) is 7.34. The molecule has 1 spiro atoms. The average molecular weight is 386 g/mol. The van der Waals surface area contributed by atoms with Crippen LogP contribution in [0.15, 0.2) is 29.2 Å². The number of hydrogen-bond acceptors (Lipinski definition) is 6. The van der Waals surface area contributed by atoms with Crippen LogP contribution in [0.2, 0.25) is 0 Å². The van der Waals surface area contributed by atoms with Crippen molar-refractivity contribution in [2.75, 3.05) is 46.0 Å². The van der Waals surface area contributed by atoms with Gasteiger partial charge in [0, 0.05) is 31.1 Å². The maximum absolute atomic E-state index is 12.2. The van der Waals surface area contributed by atoms with Crippen molar-refractivity contribution < 1.29 is 23.0 Å². The van der Waals surface area contributed by atoms with Crippen LogP contribution in [0.5, 0.6) is 5.75 Å². The van der Waals surface area contributed by atoms with E-state index in [4.69, 9.17) is 9.47 Å². The summed E-state index contributed by atoms with van der Waals surface area (Å²) in [6.45, 7) is 3.61. The van der Waals surface area contributed by atoms with Crippen LogP contribution in [0.25, 0.3) is 0 Å². The van der Waals surface area contributed by atoms with Crippen molar-refractivity contribution in [3.8, 4) is 5.75 Å². The van der Waals surface area contributed by atoms with Crippen molar-refractivity contribution >= 4 is 11.9 Å². The van der Waals surface area contributed by atoms with Gasteiger partial charge in [-0.25, -0.2) is 4.31 Å². The van der Waals surface area contributed by atoms with Crippen LogP contribution in [0, 0.1) is 0 Å². The zero-order chi connectivity index (χ0) is 18.0. The molecule has 0 aliphatic carbocycles. The molecule has 0 radical (unpaired) electrons. The molecule has 0 aromatic heterocycles. The molecule has 1 atom stereocenters. The first kappa shape index (κ1) is 18.4. The highest BCUT2D eigenvalue weighted by atomic mass is 32.2. The Morgan fingerprint density at radius 3 is 2.35 bits per heavy atom. The van der Waals surface area contributed by atoms with Gasteiger partial charge in [-0.15, -0.1) is 0 Å². The van der Waals surface area contributed by atoms with Crippen LogP contribution in [0.3, 0.4) is 0 Å². The molecule has 1 aromatic carbocycles. The topological polar surface area (TPSA) is 34.2 Å². The van der Waals surface area contributed by atoms with E-state index in [0.717, 1.165) is 63.7 Å². The van der Waals surface area contributed by atoms with Gasteiger partial charge in [0.05, 0.1) is 31.5 Å². The molecule has 3 fully saturated rings. The van der Waals surface area contributed by atoms with Gasteiger partial charge in [0.2, 0.25) is 0 Å². The fourth-order valence-corrected chi connectivity index (χ4v) is 4.91. The molecule has 1 aromatic rings.